The number of nitrogens with zero attached hydrogens (tertiary/aromatic N) is 2. The summed E-state index contributed by atoms with van der Waals surface area (Å²) in [5.74, 6) is 0.348. The van der Waals surface area contributed by atoms with E-state index in [1.165, 1.54) is 0 Å². The van der Waals surface area contributed by atoms with Crippen LogP contribution in [-0.2, 0) is 17.6 Å². The van der Waals surface area contributed by atoms with Crippen molar-refractivity contribution in [2.24, 2.45) is 11.1 Å². The Balaban J connectivity index is 1.59. The number of carbonyl (C=O) groups is 1. The number of aromatic nitrogens is 1. The van der Waals surface area contributed by atoms with Gasteiger partial charge in [0.1, 0.15) is 17.5 Å². The van der Waals surface area contributed by atoms with Gasteiger partial charge < -0.3 is 15.6 Å². The number of benzene rings is 1. The number of rotatable bonds is 8. The van der Waals surface area contributed by atoms with E-state index in [0.29, 0.717) is 11.4 Å². The summed E-state index contributed by atoms with van der Waals surface area (Å²) in [6.07, 6.45) is 5.24. The van der Waals surface area contributed by atoms with Gasteiger partial charge in [0.15, 0.2) is 0 Å². The molecule has 0 unspecified atom stereocenters. The molecule has 174 valence electrons. The molecular weight excluding hydrogens is 416 g/mol. The third-order valence-electron chi connectivity index (χ3n) is 5.49. The second-order valence-electron chi connectivity index (χ2n) is 9.74. The zero-order valence-electron chi connectivity index (χ0n) is 19.5. The summed E-state index contributed by atoms with van der Waals surface area (Å²) in [5.41, 5.74) is 8.49. The van der Waals surface area contributed by atoms with E-state index in [1.807, 2.05) is 0 Å². The first-order valence-corrected chi connectivity index (χ1v) is 11.2. The summed E-state index contributed by atoms with van der Waals surface area (Å²) in [5, 5.41) is 27.9. The highest BCUT2D eigenvalue weighted by Crippen LogP contribution is 2.22. The van der Waals surface area contributed by atoms with Crippen molar-refractivity contribution >= 4 is 17.5 Å². The highest BCUT2D eigenvalue weighted by Gasteiger charge is 2.19. The molecule has 0 spiro atoms. The fourth-order valence-electron chi connectivity index (χ4n) is 3.91. The van der Waals surface area contributed by atoms with Gasteiger partial charge in [-0.15, -0.1) is 0 Å². The quantitative estimate of drug-likeness (QED) is 0.355. The number of nitrogens with one attached hydrogen (secondary N) is 3. The number of nitriles is 1. The van der Waals surface area contributed by atoms with Crippen molar-refractivity contribution in [3.63, 3.8) is 0 Å². The fourth-order valence-corrected chi connectivity index (χ4v) is 3.91. The van der Waals surface area contributed by atoms with Gasteiger partial charge in [-0.05, 0) is 30.2 Å². The zero-order valence-corrected chi connectivity index (χ0v) is 19.5. The van der Waals surface area contributed by atoms with Gasteiger partial charge in [-0.3, -0.25) is 15.5 Å². The van der Waals surface area contributed by atoms with Crippen LogP contribution in [0.5, 0.6) is 0 Å². The molecular formula is C25H32N6O2. The number of amides is 1. The molecule has 0 radical (unpaired) electrons. The van der Waals surface area contributed by atoms with Crippen molar-refractivity contribution in [2.45, 2.75) is 65.3 Å². The number of anilines is 1. The molecule has 8 heteroatoms. The normalized spacial score (nSPS) is 15.0. The van der Waals surface area contributed by atoms with Gasteiger partial charge in [0.05, 0.1) is 17.8 Å². The van der Waals surface area contributed by atoms with Crippen LogP contribution in [0.4, 0.5) is 5.88 Å². The molecule has 0 saturated heterocycles. The molecule has 1 aliphatic rings. The maximum atomic E-state index is 12.4. The topological polar surface area (TPSA) is 141 Å². The molecule has 1 fully saturated rings. The number of carbonyl (C=O) groups excluding carboxylic acids is 1. The Bertz CT molecular complexity index is 1060. The standard InChI is InChI=1S/C25H32N6O2/c1-25(2,3)14-19-13-22(33-31-19)30-21(32)12-16-8-10-17(11-9-16)23(27)20(15-26)24(28)29-18-6-4-5-7-18/h8-11,13,18,27,29H,4-7,12,14,28H2,1-3H3,(H,30,32)/b24-20-,27-23?. The van der Waals surface area contributed by atoms with Gasteiger partial charge >= 0.3 is 0 Å². The molecule has 1 aromatic heterocycles. The van der Waals surface area contributed by atoms with Crippen molar-refractivity contribution in [3.8, 4) is 6.07 Å². The van der Waals surface area contributed by atoms with E-state index < -0.39 is 0 Å². The summed E-state index contributed by atoms with van der Waals surface area (Å²) in [6.45, 7) is 6.33. The van der Waals surface area contributed by atoms with Gasteiger partial charge in [0, 0.05) is 17.7 Å². The maximum absolute atomic E-state index is 12.4. The van der Waals surface area contributed by atoms with Crippen molar-refractivity contribution in [2.75, 3.05) is 5.32 Å². The third-order valence-corrected chi connectivity index (χ3v) is 5.49. The molecule has 0 atom stereocenters. The molecule has 1 aromatic carbocycles. The third kappa shape index (κ3) is 6.94. The Hall–Kier alpha value is -3.60. The van der Waals surface area contributed by atoms with Crippen LogP contribution in [0.2, 0.25) is 0 Å². The lowest BCUT2D eigenvalue weighted by molar-refractivity contribution is -0.115. The van der Waals surface area contributed by atoms with Crippen LogP contribution in [-0.4, -0.2) is 22.8 Å². The lowest BCUT2D eigenvalue weighted by atomic mass is 9.91. The van der Waals surface area contributed by atoms with Crippen LogP contribution in [0.1, 0.15) is 63.3 Å². The first-order chi connectivity index (χ1) is 15.6. The molecule has 1 heterocycles. The predicted molar refractivity (Wildman–Crippen MR) is 127 cm³/mol. The molecule has 2 aromatic rings. The van der Waals surface area contributed by atoms with Gasteiger partial charge in [0.2, 0.25) is 11.8 Å². The van der Waals surface area contributed by atoms with Gasteiger partial charge in [-0.2, -0.15) is 5.26 Å². The Kier molecular flexibility index (Phi) is 7.54. The monoisotopic (exact) mass is 448 g/mol. The van der Waals surface area contributed by atoms with Crippen molar-refractivity contribution in [1.29, 1.82) is 10.7 Å². The SMILES string of the molecule is CC(C)(C)Cc1cc(NC(=O)Cc2ccc(C(=N)/C(C#N)=C(/N)NC3CCCC3)cc2)on1. The summed E-state index contributed by atoms with van der Waals surface area (Å²) >= 11 is 0. The van der Waals surface area contributed by atoms with E-state index >= 15 is 0 Å². The van der Waals surface area contributed by atoms with E-state index in [2.05, 4.69) is 42.6 Å². The van der Waals surface area contributed by atoms with Crippen LogP contribution >= 0.6 is 0 Å². The summed E-state index contributed by atoms with van der Waals surface area (Å²) in [4.78, 5) is 12.4. The molecule has 1 amide bonds. The van der Waals surface area contributed by atoms with Crippen molar-refractivity contribution in [3.05, 3.63) is 58.5 Å². The average molecular weight is 449 g/mol. The second-order valence-corrected chi connectivity index (χ2v) is 9.74. The molecule has 33 heavy (non-hydrogen) atoms. The average Bonchev–Trinajstić information content (AvgIpc) is 3.39. The molecule has 1 saturated carbocycles. The smallest absolute Gasteiger partial charge is 0.231 e. The summed E-state index contributed by atoms with van der Waals surface area (Å²) < 4.78 is 5.21. The number of nitrogens with two attached hydrogens (primary N) is 1. The number of hydrogen-bond donors (Lipinski definition) is 4. The van der Waals surface area contributed by atoms with Crippen molar-refractivity contribution in [1.82, 2.24) is 10.5 Å². The molecule has 0 bridgehead atoms. The van der Waals surface area contributed by atoms with E-state index in [0.717, 1.165) is 43.4 Å². The Morgan fingerprint density at radius 1 is 1.27 bits per heavy atom. The van der Waals surface area contributed by atoms with Crippen molar-refractivity contribution < 1.29 is 9.32 Å². The molecule has 1 aliphatic carbocycles. The predicted octanol–water partition coefficient (Wildman–Crippen LogP) is 4.04. The van der Waals surface area contributed by atoms with Gasteiger partial charge in [-0.1, -0.05) is 63.0 Å². The molecule has 5 N–H and O–H groups in total. The molecule has 0 aliphatic heterocycles. The van der Waals surface area contributed by atoms with Gasteiger partial charge in [0.25, 0.3) is 0 Å². The lowest BCUT2D eigenvalue weighted by Crippen LogP contribution is -2.32. The van der Waals surface area contributed by atoms with E-state index in [-0.39, 0.29) is 40.9 Å². The highest BCUT2D eigenvalue weighted by molar-refractivity contribution is 6.13. The van der Waals surface area contributed by atoms with Crippen LogP contribution in [0.25, 0.3) is 0 Å². The first-order valence-electron chi connectivity index (χ1n) is 11.2. The number of allylic oxidation sites excluding steroid dienone is 1. The fraction of sp³-hybridized carbons (Fsp3) is 0.440. The minimum absolute atomic E-state index is 0.0598. The molecule has 3 rings (SSSR count). The zero-order chi connectivity index (χ0) is 24.0. The lowest BCUT2D eigenvalue weighted by Gasteiger charge is -2.15. The second kappa shape index (κ2) is 10.3. The van der Waals surface area contributed by atoms with E-state index in [4.69, 9.17) is 15.7 Å². The van der Waals surface area contributed by atoms with Crippen LogP contribution in [0.15, 0.2) is 46.2 Å². The van der Waals surface area contributed by atoms with Crippen LogP contribution < -0.4 is 16.4 Å². The van der Waals surface area contributed by atoms with Crippen LogP contribution in [0, 0.1) is 22.2 Å². The van der Waals surface area contributed by atoms with Gasteiger partial charge in [-0.25, -0.2) is 0 Å². The Morgan fingerprint density at radius 3 is 2.55 bits per heavy atom. The summed E-state index contributed by atoms with van der Waals surface area (Å²) in [7, 11) is 0. The minimum Gasteiger partial charge on any atom is -0.384 e. The minimum atomic E-state index is -0.223. The molecule has 8 nitrogen and oxygen atoms in total. The van der Waals surface area contributed by atoms with E-state index in [9.17, 15) is 10.1 Å². The van der Waals surface area contributed by atoms with Crippen LogP contribution in [0.3, 0.4) is 0 Å². The first kappa shape index (κ1) is 24.1. The Labute approximate surface area is 194 Å². The maximum Gasteiger partial charge on any atom is 0.231 e. The van der Waals surface area contributed by atoms with E-state index in [1.54, 1.807) is 30.3 Å². The number of hydrogen-bond acceptors (Lipinski definition) is 7. The Morgan fingerprint density at radius 2 is 1.94 bits per heavy atom. The summed E-state index contributed by atoms with van der Waals surface area (Å²) in [6, 6.07) is 11.0. The largest absolute Gasteiger partial charge is 0.384 e. The highest BCUT2D eigenvalue weighted by atomic mass is 16.5.